The van der Waals surface area contributed by atoms with Gasteiger partial charge in [-0.25, -0.2) is 0 Å². The summed E-state index contributed by atoms with van der Waals surface area (Å²) in [5.41, 5.74) is 0. The molecule has 0 aliphatic heterocycles. The van der Waals surface area contributed by atoms with Gasteiger partial charge in [0.15, 0.2) is 6.42 Å². The predicted octanol–water partition coefficient (Wildman–Crippen LogP) is 1.80. The first-order chi connectivity index (χ1) is 5.27. The summed E-state index contributed by atoms with van der Waals surface area (Å²) >= 11 is 0. The molecule has 0 aromatic rings. The van der Waals surface area contributed by atoms with Gasteiger partial charge in [0.25, 0.3) is 6.04 Å². The number of nitro groups is 1. The number of hydrogen-bond donors (Lipinski definition) is 0. The summed E-state index contributed by atoms with van der Waals surface area (Å²) in [4.78, 5) is 10.5. The Morgan fingerprint density at radius 1 is 1.36 bits per heavy atom. The van der Waals surface area contributed by atoms with Gasteiger partial charge in [-0.1, -0.05) is 0 Å². The Hall–Kier alpha value is -0.730. The van der Waals surface area contributed by atoms with E-state index < -0.39 is 0 Å². The van der Waals surface area contributed by atoms with Gasteiger partial charge in [-0.15, -0.1) is 0 Å². The van der Waals surface area contributed by atoms with Gasteiger partial charge < -0.3 is 0 Å². The predicted molar refractivity (Wildman–Crippen MR) is 40.6 cm³/mol. The Labute approximate surface area is 65.9 Å². The molecule has 0 saturated heterocycles. The molecular formula is C8H12NO2+. The maximum Gasteiger partial charge on any atom is 0.255 e. The Kier molecular flexibility index (Phi) is 1.51. The SMILES string of the molecule is O=[N+]([O-])C1C[C+]2CCC1CC2. The third kappa shape index (κ3) is 1.08. The van der Waals surface area contributed by atoms with E-state index in [2.05, 4.69) is 0 Å². The molecule has 3 fully saturated rings. The van der Waals surface area contributed by atoms with E-state index in [1.807, 2.05) is 0 Å². The molecule has 1 atom stereocenters. The molecule has 3 aliphatic carbocycles. The number of fused-ring (bicyclic) bond motifs is 3. The van der Waals surface area contributed by atoms with E-state index in [1.54, 1.807) is 0 Å². The largest absolute Gasteiger partial charge is 0.264 e. The van der Waals surface area contributed by atoms with Crippen LogP contribution in [-0.4, -0.2) is 11.0 Å². The zero-order valence-electron chi connectivity index (χ0n) is 6.45. The monoisotopic (exact) mass is 154 g/mol. The Morgan fingerprint density at radius 2 is 2.00 bits per heavy atom. The van der Waals surface area contributed by atoms with Gasteiger partial charge in [-0.2, -0.15) is 0 Å². The molecule has 11 heavy (non-hydrogen) atoms. The zero-order chi connectivity index (χ0) is 7.84. The molecule has 0 amide bonds. The second-order valence-electron chi connectivity index (χ2n) is 3.64. The van der Waals surface area contributed by atoms with Crippen LogP contribution in [0.4, 0.5) is 0 Å². The lowest BCUT2D eigenvalue weighted by molar-refractivity contribution is -0.536. The van der Waals surface area contributed by atoms with Crippen LogP contribution in [0.1, 0.15) is 32.1 Å². The average molecular weight is 154 g/mol. The van der Waals surface area contributed by atoms with Crippen LogP contribution in [0.15, 0.2) is 0 Å². The molecule has 0 aromatic heterocycles. The lowest BCUT2D eigenvalue weighted by Gasteiger charge is -2.29. The smallest absolute Gasteiger partial charge is 0.255 e. The van der Waals surface area contributed by atoms with Crippen molar-refractivity contribution in [1.29, 1.82) is 0 Å². The fourth-order valence-corrected chi connectivity index (χ4v) is 2.35. The summed E-state index contributed by atoms with van der Waals surface area (Å²) in [7, 11) is 0. The van der Waals surface area contributed by atoms with Crippen LogP contribution >= 0.6 is 0 Å². The summed E-state index contributed by atoms with van der Waals surface area (Å²) in [6.07, 6.45) is 5.24. The average Bonchev–Trinajstić information content (AvgIpc) is 2.06. The molecule has 0 radical (unpaired) electrons. The third-order valence-electron chi connectivity index (χ3n) is 3.05. The minimum atomic E-state index is -0.229. The Morgan fingerprint density at radius 3 is 2.27 bits per heavy atom. The number of hydrogen-bond acceptors (Lipinski definition) is 2. The molecule has 3 nitrogen and oxygen atoms in total. The van der Waals surface area contributed by atoms with Crippen LogP contribution in [0.25, 0.3) is 0 Å². The van der Waals surface area contributed by atoms with Gasteiger partial charge in [-0.3, -0.25) is 10.1 Å². The van der Waals surface area contributed by atoms with Crippen molar-refractivity contribution in [3.63, 3.8) is 0 Å². The highest BCUT2D eigenvalue weighted by molar-refractivity contribution is 5.03. The normalized spacial score (nSPS) is 35.8. The van der Waals surface area contributed by atoms with E-state index in [0.29, 0.717) is 5.92 Å². The Bertz CT molecular complexity index is 173. The molecule has 1 unspecified atom stereocenters. The van der Waals surface area contributed by atoms with Gasteiger partial charge in [0.1, 0.15) is 0 Å². The molecule has 3 saturated carbocycles. The summed E-state index contributed by atoms with van der Waals surface area (Å²) in [5.74, 6) is 1.83. The molecule has 2 bridgehead atoms. The van der Waals surface area contributed by atoms with Crippen molar-refractivity contribution in [1.82, 2.24) is 0 Å². The first-order valence-corrected chi connectivity index (χ1v) is 4.24. The van der Waals surface area contributed by atoms with E-state index in [4.69, 9.17) is 0 Å². The molecular weight excluding hydrogens is 142 g/mol. The maximum absolute atomic E-state index is 10.5. The maximum atomic E-state index is 10.5. The topological polar surface area (TPSA) is 43.1 Å². The summed E-state index contributed by atoms with van der Waals surface area (Å²) < 4.78 is 0. The number of nitrogens with zero attached hydrogens (tertiary/aromatic N) is 1. The second kappa shape index (κ2) is 2.40. The summed E-state index contributed by atoms with van der Waals surface area (Å²) in [6, 6.07) is -0.229. The first-order valence-electron chi connectivity index (χ1n) is 4.24. The van der Waals surface area contributed by atoms with E-state index >= 15 is 0 Å². The zero-order valence-corrected chi connectivity index (χ0v) is 6.45. The summed E-state index contributed by atoms with van der Waals surface area (Å²) in [5, 5.41) is 10.5. The first kappa shape index (κ1) is 6.95. The molecule has 0 heterocycles. The van der Waals surface area contributed by atoms with Crippen LogP contribution in [0.2, 0.25) is 0 Å². The fraction of sp³-hybridized carbons (Fsp3) is 0.875. The van der Waals surface area contributed by atoms with Crippen molar-refractivity contribution in [2.75, 3.05) is 0 Å². The highest BCUT2D eigenvalue weighted by atomic mass is 16.6. The van der Waals surface area contributed by atoms with Crippen molar-refractivity contribution in [2.24, 2.45) is 5.92 Å². The van der Waals surface area contributed by atoms with Crippen molar-refractivity contribution in [3.8, 4) is 0 Å². The fourth-order valence-electron chi connectivity index (χ4n) is 2.35. The van der Waals surface area contributed by atoms with E-state index in [-0.39, 0.29) is 11.0 Å². The van der Waals surface area contributed by atoms with Crippen LogP contribution in [0.5, 0.6) is 0 Å². The Balaban J connectivity index is 2.08. The van der Waals surface area contributed by atoms with Gasteiger partial charge in [0, 0.05) is 10.8 Å². The van der Waals surface area contributed by atoms with Crippen molar-refractivity contribution < 1.29 is 4.92 Å². The molecule has 0 spiro atoms. The van der Waals surface area contributed by atoms with Crippen LogP contribution < -0.4 is 0 Å². The molecule has 3 rings (SSSR count). The number of rotatable bonds is 1. The van der Waals surface area contributed by atoms with E-state index in [1.165, 1.54) is 5.92 Å². The second-order valence-corrected chi connectivity index (χ2v) is 3.64. The molecule has 3 heteroatoms. The third-order valence-corrected chi connectivity index (χ3v) is 3.05. The molecule has 0 N–H and O–H groups in total. The summed E-state index contributed by atoms with van der Waals surface area (Å²) in [6.45, 7) is 0. The van der Waals surface area contributed by atoms with Crippen molar-refractivity contribution in [2.45, 2.75) is 38.1 Å². The van der Waals surface area contributed by atoms with Crippen molar-refractivity contribution in [3.05, 3.63) is 16.0 Å². The molecule has 60 valence electrons. The lowest BCUT2D eigenvalue weighted by Crippen LogP contribution is -2.39. The minimum absolute atomic E-state index is 0.0804. The quantitative estimate of drug-likeness (QED) is 0.328. The van der Waals surface area contributed by atoms with E-state index in [9.17, 15) is 10.1 Å². The van der Waals surface area contributed by atoms with Gasteiger partial charge >= 0.3 is 0 Å². The van der Waals surface area contributed by atoms with Crippen LogP contribution in [0.3, 0.4) is 0 Å². The van der Waals surface area contributed by atoms with E-state index in [0.717, 1.165) is 32.1 Å². The standard InChI is InChI=1S/C8H12NO2/c10-9(11)8-5-6-1-3-7(8)4-2-6/h7-8H,1-5H2/q+1. The van der Waals surface area contributed by atoms with Gasteiger partial charge in [0.05, 0.1) is 18.8 Å². The highest BCUT2D eigenvalue weighted by Crippen LogP contribution is 2.43. The van der Waals surface area contributed by atoms with Gasteiger partial charge in [0.2, 0.25) is 0 Å². The lowest BCUT2D eigenvalue weighted by atomic mass is 9.68. The molecule has 0 aromatic carbocycles. The van der Waals surface area contributed by atoms with Crippen molar-refractivity contribution >= 4 is 0 Å². The highest BCUT2D eigenvalue weighted by Gasteiger charge is 2.49. The van der Waals surface area contributed by atoms with Crippen LogP contribution in [-0.2, 0) is 0 Å². The molecule has 3 aliphatic rings. The minimum Gasteiger partial charge on any atom is -0.264 e. The van der Waals surface area contributed by atoms with Gasteiger partial charge in [-0.05, 0) is 12.8 Å². The van der Waals surface area contributed by atoms with Crippen LogP contribution in [0, 0.1) is 22.0 Å².